The fourth-order valence-corrected chi connectivity index (χ4v) is 1.65. The van der Waals surface area contributed by atoms with Crippen LogP contribution in [0.2, 0.25) is 0 Å². The SMILES string of the molecule is COc1c(C)cnc2ccc(C)cc12. The van der Waals surface area contributed by atoms with E-state index in [0.717, 1.165) is 22.2 Å². The summed E-state index contributed by atoms with van der Waals surface area (Å²) in [6, 6.07) is 6.19. The van der Waals surface area contributed by atoms with Crippen LogP contribution in [0.25, 0.3) is 10.9 Å². The predicted octanol–water partition coefficient (Wildman–Crippen LogP) is 2.86. The van der Waals surface area contributed by atoms with Gasteiger partial charge in [0.25, 0.3) is 0 Å². The zero-order valence-corrected chi connectivity index (χ0v) is 8.66. The summed E-state index contributed by atoms with van der Waals surface area (Å²) in [5.41, 5.74) is 3.28. The summed E-state index contributed by atoms with van der Waals surface area (Å²) in [5.74, 6) is 0.929. The number of rotatable bonds is 1. The molecule has 0 aliphatic heterocycles. The number of aryl methyl sites for hydroxylation is 2. The third-order valence-electron chi connectivity index (χ3n) is 2.36. The molecule has 0 N–H and O–H groups in total. The van der Waals surface area contributed by atoms with Gasteiger partial charge in [-0.15, -0.1) is 0 Å². The van der Waals surface area contributed by atoms with Crippen LogP contribution in [0.15, 0.2) is 24.4 Å². The van der Waals surface area contributed by atoms with Crippen molar-refractivity contribution in [3.63, 3.8) is 0 Å². The van der Waals surface area contributed by atoms with E-state index >= 15 is 0 Å². The Morgan fingerprint density at radius 3 is 2.71 bits per heavy atom. The number of hydrogen-bond donors (Lipinski definition) is 0. The van der Waals surface area contributed by atoms with Crippen molar-refractivity contribution < 1.29 is 4.74 Å². The maximum absolute atomic E-state index is 5.37. The summed E-state index contributed by atoms with van der Waals surface area (Å²) in [7, 11) is 1.70. The molecule has 1 aromatic heterocycles. The third kappa shape index (κ3) is 1.33. The Balaban J connectivity index is 2.84. The van der Waals surface area contributed by atoms with E-state index in [2.05, 4.69) is 24.0 Å². The van der Waals surface area contributed by atoms with Crippen LogP contribution in [0.4, 0.5) is 0 Å². The van der Waals surface area contributed by atoms with Gasteiger partial charge in [-0.05, 0) is 26.0 Å². The number of hydrogen-bond acceptors (Lipinski definition) is 2. The van der Waals surface area contributed by atoms with Crippen LogP contribution in [-0.2, 0) is 0 Å². The minimum atomic E-state index is 0.929. The number of benzene rings is 1. The second kappa shape index (κ2) is 3.29. The Morgan fingerprint density at radius 1 is 1.21 bits per heavy atom. The quantitative estimate of drug-likeness (QED) is 0.684. The molecule has 2 rings (SSSR count). The molecule has 0 saturated carbocycles. The van der Waals surface area contributed by atoms with Crippen LogP contribution < -0.4 is 4.74 Å². The van der Waals surface area contributed by atoms with Crippen LogP contribution in [0.3, 0.4) is 0 Å². The molecule has 0 fully saturated rings. The largest absolute Gasteiger partial charge is 0.496 e. The topological polar surface area (TPSA) is 22.1 Å². The van der Waals surface area contributed by atoms with Crippen molar-refractivity contribution in [1.82, 2.24) is 4.98 Å². The first kappa shape index (κ1) is 9.00. The molecular formula is C12H13NO. The van der Waals surface area contributed by atoms with Crippen LogP contribution >= 0.6 is 0 Å². The Morgan fingerprint density at radius 2 is 2.00 bits per heavy atom. The van der Waals surface area contributed by atoms with Gasteiger partial charge in [-0.3, -0.25) is 4.98 Å². The van der Waals surface area contributed by atoms with Crippen molar-refractivity contribution in [2.75, 3.05) is 7.11 Å². The third-order valence-corrected chi connectivity index (χ3v) is 2.36. The van der Waals surface area contributed by atoms with Gasteiger partial charge in [0.1, 0.15) is 5.75 Å². The van der Waals surface area contributed by atoms with E-state index in [9.17, 15) is 0 Å². The van der Waals surface area contributed by atoms with Crippen LogP contribution in [-0.4, -0.2) is 12.1 Å². The Labute approximate surface area is 83.5 Å². The minimum Gasteiger partial charge on any atom is -0.496 e. The molecule has 1 heterocycles. The molecule has 0 radical (unpaired) electrons. The van der Waals surface area contributed by atoms with Crippen molar-refractivity contribution in [3.05, 3.63) is 35.5 Å². The number of aromatic nitrogens is 1. The first-order chi connectivity index (χ1) is 6.72. The fraction of sp³-hybridized carbons (Fsp3) is 0.250. The lowest BCUT2D eigenvalue weighted by atomic mass is 10.1. The summed E-state index contributed by atoms with van der Waals surface area (Å²) >= 11 is 0. The smallest absolute Gasteiger partial charge is 0.132 e. The van der Waals surface area contributed by atoms with Crippen molar-refractivity contribution in [2.45, 2.75) is 13.8 Å². The molecule has 0 atom stereocenters. The van der Waals surface area contributed by atoms with Gasteiger partial charge in [-0.2, -0.15) is 0 Å². The van der Waals surface area contributed by atoms with Crippen LogP contribution in [0.1, 0.15) is 11.1 Å². The lowest BCUT2D eigenvalue weighted by Crippen LogP contribution is -1.91. The zero-order valence-electron chi connectivity index (χ0n) is 8.66. The van der Waals surface area contributed by atoms with E-state index in [4.69, 9.17) is 4.74 Å². The molecule has 1 aromatic carbocycles. The summed E-state index contributed by atoms with van der Waals surface area (Å²) < 4.78 is 5.37. The maximum atomic E-state index is 5.37. The second-order valence-electron chi connectivity index (χ2n) is 3.50. The Kier molecular flexibility index (Phi) is 2.12. The highest BCUT2D eigenvalue weighted by atomic mass is 16.5. The van der Waals surface area contributed by atoms with Crippen LogP contribution in [0.5, 0.6) is 5.75 Å². The molecule has 0 saturated heterocycles. The zero-order chi connectivity index (χ0) is 10.1. The van der Waals surface area contributed by atoms with Gasteiger partial charge in [-0.25, -0.2) is 0 Å². The molecule has 2 heteroatoms. The average Bonchev–Trinajstić information content (AvgIpc) is 2.17. The van der Waals surface area contributed by atoms with Gasteiger partial charge in [0, 0.05) is 17.1 Å². The summed E-state index contributed by atoms with van der Waals surface area (Å²) in [5, 5.41) is 1.09. The fourth-order valence-electron chi connectivity index (χ4n) is 1.65. The van der Waals surface area contributed by atoms with E-state index in [1.54, 1.807) is 7.11 Å². The summed E-state index contributed by atoms with van der Waals surface area (Å²) in [6.07, 6.45) is 1.84. The number of pyridine rings is 1. The molecule has 72 valence electrons. The average molecular weight is 187 g/mol. The maximum Gasteiger partial charge on any atom is 0.132 e. The molecule has 0 amide bonds. The lowest BCUT2D eigenvalue weighted by Gasteiger charge is -2.08. The predicted molar refractivity (Wildman–Crippen MR) is 57.8 cm³/mol. The highest BCUT2D eigenvalue weighted by molar-refractivity contribution is 5.86. The Hall–Kier alpha value is -1.57. The molecule has 0 unspecified atom stereocenters. The molecule has 0 spiro atoms. The standard InChI is InChI=1S/C12H13NO/c1-8-4-5-11-10(6-8)12(14-3)9(2)7-13-11/h4-7H,1-3H3. The molecule has 14 heavy (non-hydrogen) atoms. The van der Waals surface area contributed by atoms with E-state index in [0.29, 0.717) is 0 Å². The monoisotopic (exact) mass is 187 g/mol. The lowest BCUT2D eigenvalue weighted by molar-refractivity contribution is 0.416. The number of ether oxygens (including phenoxy) is 1. The molecule has 2 aromatic rings. The minimum absolute atomic E-state index is 0.929. The van der Waals surface area contributed by atoms with Crippen molar-refractivity contribution >= 4 is 10.9 Å². The first-order valence-electron chi connectivity index (χ1n) is 4.62. The molecule has 0 aliphatic rings. The highest BCUT2D eigenvalue weighted by Crippen LogP contribution is 2.27. The summed E-state index contributed by atoms with van der Waals surface area (Å²) in [6.45, 7) is 4.08. The van der Waals surface area contributed by atoms with E-state index in [1.807, 2.05) is 19.2 Å². The molecule has 0 aliphatic carbocycles. The van der Waals surface area contributed by atoms with Gasteiger partial charge < -0.3 is 4.74 Å². The van der Waals surface area contributed by atoms with E-state index in [-0.39, 0.29) is 0 Å². The number of nitrogens with zero attached hydrogens (tertiary/aromatic N) is 1. The van der Waals surface area contributed by atoms with E-state index < -0.39 is 0 Å². The molecule has 2 nitrogen and oxygen atoms in total. The first-order valence-corrected chi connectivity index (χ1v) is 4.62. The van der Waals surface area contributed by atoms with Gasteiger partial charge in [-0.1, -0.05) is 11.6 Å². The van der Waals surface area contributed by atoms with Gasteiger partial charge >= 0.3 is 0 Å². The van der Waals surface area contributed by atoms with Gasteiger partial charge in [0.15, 0.2) is 0 Å². The van der Waals surface area contributed by atoms with Crippen molar-refractivity contribution in [1.29, 1.82) is 0 Å². The molecule has 0 bridgehead atoms. The molecular weight excluding hydrogens is 174 g/mol. The van der Waals surface area contributed by atoms with E-state index in [1.165, 1.54) is 5.56 Å². The van der Waals surface area contributed by atoms with Crippen molar-refractivity contribution in [3.8, 4) is 5.75 Å². The van der Waals surface area contributed by atoms with Crippen molar-refractivity contribution in [2.24, 2.45) is 0 Å². The number of methoxy groups -OCH3 is 1. The highest BCUT2D eigenvalue weighted by Gasteiger charge is 2.05. The Bertz CT molecular complexity index is 472. The normalized spacial score (nSPS) is 10.5. The summed E-state index contributed by atoms with van der Waals surface area (Å²) in [4.78, 5) is 4.35. The van der Waals surface area contributed by atoms with Gasteiger partial charge in [0.05, 0.1) is 12.6 Å². The van der Waals surface area contributed by atoms with Crippen LogP contribution in [0, 0.1) is 13.8 Å². The van der Waals surface area contributed by atoms with Gasteiger partial charge in [0.2, 0.25) is 0 Å². The number of fused-ring (bicyclic) bond motifs is 1. The second-order valence-corrected chi connectivity index (χ2v) is 3.50.